The first-order valence-corrected chi connectivity index (χ1v) is 9.57. The molecule has 1 atom stereocenters. The maximum atomic E-state index is 9.54. The van der Waals surface area contributed by atoms with Crippen molar-refractivity contribution in [1.82, 2.24) is 4.90 Å². The van der Waals surface area contributed by atoms with Crippen molar-refractivity contribution in [2.24, 2.45) is 16.7 Å². The van der Waals surface area contributed by atoms with E-state index in [1.165, 1.54) is 6.42 Å². The quantitative estimate of drug-likeness (QED) is 0.782. The number of aliphatic hydroxyl groups excluding tert-OH is 1. The molecule has 0 radical (unpaired) electrons. The van der Waals surface area contributed by atoms with Gasteiger partial charge in [-0.25, -0.2) is 0 Å². The molecule has 1 heterocycles. The minimum Gasteiger partial charge on any atom is -0.493 e. The van der Waals surface area contributed by atoms with Crippen molar-refractivity contribution in [1.29, 1.82) is 0 Å². The molecule has 1 N–H and O–H groups in total. The molecule has 0 amide bonds. The van der Waals surface area contributed by atoms with Crippen molar-refractivity contribution in [2.75, 3.05) is 26.2 Å². The summed E-state index contributed by atoms with van der Waals surface area (Å²) in [6, 6.07) is 0. The summed E-state index contributed by atoms with van der Waals surface area (Å²) in [5.41, 5.74) is 0.672. The molecule has 1 aliphatic heterocycles. The second-order valence-electron chi connectivity index (χ2n) is 9.46. The van der Waals surface area contributed by atoms with Crippen molar-refractivity contribution >= 4 is 0 Å². The zero-order valence-electron chi connectivity index (χ0n) is 16.3. The minimum absolute atomic E-state index is 0.0976. The first-order valence-electron chi connectivity index (χ1n) is 9.57. The van der Waals surface area contributed by atoms with Gasteiger partial charge in [-0.2, -0.15) is 0 Å². The molecular weight excluding hydrogens is 298 g/mol. The highest BCUT2D eigenvalue weighted by Crippen LogP contribution is 2.42. The molecule has 0 aromatic carbocycles. The lowest BCUT2D eigenvalue weighted by Gasteiger charge is -2.38. The van der Waals surface area contributed by atoms with E-state index in [9.17, 15) is 5.11 Å². The fourth-order valence-corrected chi connectivity index (χ4v) is 4.22. The van der Waals surface area contributed by atoms with E-state index < -0.39 is 0 Å². The summed E-state index contributed by atoms with van der Waals surface area (Å²) in [6.45, 7) is 15.4. The van der Waals surface area contributed by atoms with Crippen LogP contribution in [0.15, 0.2) is 24.0 Å². The van der Waals surface area contributed by atoms with E-state index in [2.05, 4.69) is 57.7 Å². The van der Waals surface area contributed by atoms with E-state index in [0.29, 0.717) is 16.7 Å². The van der Waals surface area contributed by atoms with Crippen LogP contribution in [-0.2, 0) is 4.74 Å². The third kappa shape index (κ3) is 6.25. The van der Waals surface area contributed by atoms with Crippen LogP contribution in [0.2, 0.25) is 0 Å². The van der Waals surface area contributed by atoms with Gasteiger partial charge in [-0.05, 0) is 54.6 Å². The van der Waals surface area contributed by atoms with Crippen molar-refractivity contribution in [3.8, 4) is 0 Å². The molecule has 2 aliphatic rings. The van der Waals surface area contributed by atoms with Gasteiger partial charge in [0, 0.05) is 19.6 Å². The molecular formula is C21H37NO2. The number of rotatable bonds is 6. The predicted octanol–water partition coefficient (Wildman–Crippen LogP) is 4.38. The van der Waals surface area contributed by atoms with Gasteiger partial charge in [0.2, 0.25) is 0 Å². The zero-order valence-corrected chi connectivity index (χ0v) is 16.3. The van der Waals surface area contributed by atoms with Gasteiger partial charge in [0.25, 0.3) is 0 Å². The highest BCUT2D eigenvalue weighted by molar-refractivity contribution is 5.20. The fraction of sp³-hybridized carbons (Fsp3) is 0.810. The molecule has 1 fully saturated rings. The number of hydrogen-bond acceptors (Lipinski definition) is 3. The number of likely N-dealkylation sites (tertiary alicyclic amines) is 1. The molecule has 0 bridgehead atoms. The number of aliphatic hydroxyl groups is 1. The number of ether oxygens (including phenoxy) is 1. The Morgan fingerprint density at radius 3 is 2.38 bits per heavy atom. The van der Waals surface area contributed by atoms with Gasteiger partial charge in [0.1, 0.15) is 12.4 Å². The van der Waals surface area contributed by atoms with Crippen LogP contribution in [0.4, 0.5) is 0 Å². The first-order chi connectivity index (χ1) is 11.2. The molecule has 24 heavy (non-hydrogen) atoms. The summed E-state index contributed by atoms with van der Waals surface area (Å²) in [5, 5.41) is 9.54. The molecule has 1 aliphatic carbocycles. The number of hydrogen-bond donors (Lipinski definition) is 1. The molecule has 0 aromatic rings. The SMILES string of the molecule is CC(C)(C)CC(C)(C)C1C=CC(OCCN2CCC(O)CC2)=CC1. The lowest BCUT2D eigenvalue weighted by atomic mass is 9.67. The van der Waals surface area contributed by atoms with Gasteiger partial charge in [0.05, 0.1) is 6.10 Å². The van der Waals surface area contributed by atoms with E-state index in [-0.39, 0.29) is 6.10 Å². The number of piperidine rings is 1. The Morgan fingerprint density at radius 1 is 1.17 bits per heavy atom. The number of allylic oxidation sites excluding steroid dienone is 3. The van der Waals surface area contributed by atoms with Crippen molar-refractivity contribution in [3.05, 3.63) is 24.0 Å². The van der Waals surface area contributed by atoms with Crippen LogP contribution in [-0.4, -0.2) is 42.4 Å². The smallest absolute Gasteiger partial charge is 0.115 e. The maximum Gasteiger partial charge on any atom is 0.115 e. The fourth-order valence-electron chi connectivity index (χ4n) is 4.22. The average molecular weight is 336 g/mol. The molecule has 138 valence electrons. The van der Waals surface area contributed by atoms with Crippen LogP contribution in [0, 0.1) is 16.7 Å². The normalized spacial score (nSPS) is 24.1. The molecule has 0 saturated carbocycles. The topological polar surface area (TPSA) is 32.7 Å². The van der Waals surface area contributed by atoms with E-state index in [1.807, 2.05) is 0 Å². The Morgan fingerprint density at radius 2 is 1.83 bits per heavy atom. The molecule has 1 unspecified atom stereocenters. The molecule has 3 nitrogen and oxygen atoms in total. The van der Waals surface area contributed by atoms with Gasteiger partial charge in [-0.1, -0.05) is 40.7 Å². The van der Waals surface area contributed by atoms with Crippen LogP contribution in [0.5, 0.6) is 0 Å². The van der Waals surface area contributed by atoms with Crippen LogP contribution in [0.3, 0.4) is 0 Å². The van der Waals surface area contributed by atoms with Gasteiger partial charge in [0.15, 0.2) is 0 Å². The maximum absolute atomic E-state index is 9.54. The number of nitrogens with zero attached hydrogens (tertiary/aromatic N) is 1. The summed E-state index contributed by atoms with van der Waals surface area (Å²) in [5.74, 6) is 1.61. The van der Waals surface area contributed by atoms with Crippen LogP contribution >= 0.6 is 0 Å². The largest absolute Gasteiger partial charge is 0.493 e. The van der Waals surface area contributed by atoms with E-state index >= 15 is 0 Å². The Kier molecular flexibility index (Phi) is 6.55. The third-order valence-corrected chi connectivity index (χ3v) is 5.29. The Hall–Kier alpha value is -0.800. The second-order valence-corrected chi connectivity index (χ2v) is 9.46. The van der Waals surface area contributed by atoms with Crippen molar-refractivity contribution in [2.45, 2.75) is 66.4 Å². The van der Waals surface area contributed by atoms with Gasteiger partial charge in [-0.3, -0.25) is 4.90 Å². The summed E-state index contributed by atoms with van der Waals surface area (Å²) in [7, 11) is 0. The third-order valence-electron chi connectivity index (χ3n) is 5.29. The molecule has 1 saturated heterocycles. The summed E-state index contributed by atoms with van der Waals surface area (Å²) in [4.78, 5) is 2.38. The highest BCUT2D eigenvalue weighted by Gasteiger charge is 2.32. The van der Waals surface area contributed by atoms with Gasteiger partial charge >= 0.3 is 0 Å². The van der Waals surface area contributed by atoms with Crippen LogP contribution < -0.4 is 0 Å². The van der Waals surface area contributed by atoms with E-state index in [4.69, 9.17) is 4.74 Å². The van der Waals surface area contributed by atoms with Crippen molar-refractivity contribution in [3.63, 3.8) is 0 Å². The molecule has 3 heteroatoms. The second kappa shape index (κ2) is 8.05. The Balaban J connectivity index is 1.72. The summed E-state index contributed by atoms with van der Waals surface area (Å²) >= 11 is 0. The molecule has 0 spiro atoms. The van der Waals surface area contributed by atoms with Crippen LogP contribution in [0.1, 0.15) is 60.3 Å². The lowest BCUT2D eigenvalue weighted by molar-refractivity contribution is 0.0690. The highest BCUT2D eigenvalue weighted by atomic mass is 16.5. The van der Waals surface area contributed by atoms with Gasteiger partial charge < -0.3 is 9.84 Å². The monoisotopic (exact) mass is 335 g/mol. The van der Waals surface area contributed by atoms with E-state index in [1.54, 1.807) is 0 Å². The van der Waals surface area contributed by atoms with Crippen molar-refractivity contribution < 1.29 is 9.84 Å². The molecule has 0 aromatic heterocycles. The lowest BCUT2D eigenvalue weighted by Crippen LogP contribution is -2.37. The Bertz CT molecular complexity index is 451. The Labute approximate surface area is 148 Å². The van der Waals surface area contributed by atoms with Crippen LogP contribution in [0.25, 0.3) is 0 Å². The average Bonchev–Trinajstić information content (AvgIpc) is 2.47. The molecule has 2 rings (SSSR count). The summed E-state index contributed by atoms with van der Waals surface area (Å²) in [6.07, 6.45) is 10.8. The predicted molar refractivity (Wildman–Crippen MR) is 101 cm³/mol. The standard InChI is InChI=1S/C21H37NO2/c1-20(2,3)16-21(4,5)17-6-8-19(9-7-17)24-15-14-22-12-10-18(23)11-13-22/h6,8-9,17-18,23H,7,10-16H2,1-5H3. The first kappa shape index (κ1) is 19.5. The zero-order chi connectivity index (χ0) is 17.8. The van der Waals surface area contributed by atoms with E-state index in [0.717, 1.165) is 51.3 Å². The van der Waals surface area contributed by atoms with Gasteiger partial charge in [-0.15, -0.1) is 0 Å². The minimum atomic E-state index is -0.0976. The summed E-state index contributed by atoms with van der Waals surface area (Å²) < 4.78 is 5.94.